The van der Waals surface area contributed by atoms with Crippen LogP contribution in [0.1, 0.15) is 13.8 Å². The van der Waals surface area contributed by atoms with Gasteiger partial charge in [0, 0.05) is 20.6 Å². The number of amides is 1. The number of ether oxygens (including phenoxy) is 2. The number of nitrogens with one attached hydrogen (secondary N) is 1. The molecular formula is C10H16N2O4. The molecule has 0 rings (SSSR count). The van der Waals surface area contributed by atoms with Crippen LogP contribution in [0.4, 0.5) is 0 Å². The number of rotatable bonds is 6. The summed E-state index contributed by atoms with van der Waals surface area (Å²) >= 11 is 0. The van der Waals surface area contributed by atoms with E-state index < -0.39 is 17.3 Å². The van der Waals surface area contributed by atoms with Crippen LogP contribution in [0.2, 0.25) is 0 Å². The number of carbonyl (C=O) groups is 2. The summed E-state index contributed by atoms with van der Waals surface area (Å²) < 4.78 is 9.54. The molecule has 0 saturated heterocycles. The first-order valence-electron chi connectivity index (χ1n) is 4.84. The van der Waals surface area contributed by atoms with E-state index in [2.05, 4.69) is 5.32 Å². The molecule has 6 heteroatoms. The predicted molar refractivity (Wildman–Crippen MR) is 55.2 cm³/mol. The minimum absolute atomic E-state index is 0.122. The van der Waals surface area contributed by atoms with Crippen LogP contribution in [-0.2, 0) is 19.1 Å². The molecule has 6 nitrogen and oxygen atoms in total. The highest BCUT2D eigenvalue weighted by atomic mass is 16.5. The average molecular weight is 228 g/mol. The van der Waals surface area contributed by atoms with Gasteiger partial charge in [-0.3, -0.25) is 9.59 Å². The molecule has 0 aliphatic carbocycles. The second kappa shape index (κ2) is 6.80. The molecule has 0 bridgehead atoms. The fourth-order valence-corrected chi connectivity index (χ4v) is 1.09. The summed E-state index contributed by atoms with van der Waals surface area (Å²) in [7, 11) is 1.37. The molecular weight excluding hydrogens is 212 g/mol. The minimum Gasteiger partial charge on any atom is -0.464 e. The highest BCUT2D eigenvalue weighted by Crippen LogP contribution is 2.17. The summed E-state index contributed by atoms with van der Waals surface area (Å²) in [5, 5.41) is 11.5. The van der Waals surface area contributed by atoms with Gasteiger partial charge in [0.05, 0.1) is 12.7 Å². The maximum Gasteiger partial charge on any atom is 0.302 e. The zero-order valence-electron chi connectivity index (χ0n) is 9.70. The van der Waals surface area contributed by atoms with Gasteiger partial charge in [-0.05, 0) is 6.92 Å². The van der Waals surface area contributed by atoms with Gasteiger partial charge in [-0.1, -0.05) is 0 Å². The number of carbonyl (C=O) groups excluding carboxylic acids is 2. The Morgan fingerprint density at radius 1 is 1.44 bits per heavy atom. The van der Waals surface area contributed by atoms with Crippen molar-refractivity contribution >= 4 is 11.9 Å². The van der Waals surface area contributed by atoms with Crippen LogP contribution in [0.25, 0.3) is 0 Å². The molecule has 0 aliphatic heterocycles. The number of nitrogens with zero attached hydrogens (tertiary/aromatic N) is 1. The van der Waals surface area contributed by atoms with Gasteiger partial charge in [-0.25, -0.2) is 0 Å². The molecule has 0 aromatic heterocycles. The number of methoxy groups -OCH3 is 1. The van der Waals surface area contributed by atoms with E-state index in [-0.39, 0.29) is 13.2 Å². The van der Waals surface area contributed by atoms with E-state index in [4.69, 9.17) is 14.7 Å². The Bertz CT molecular complexity index is 298. The first-order chi connectivity index (χ1) is 7.52. The molecule has 0 fully saturated rings. The van der Waals surface area contributed by atoms with Crippen LogP contribution in [0.15, 0.2) is 0 Å². The van der Waals surface area contributed by atoms with Crippen molar-refractivity contribution in [3.05, 3.63) is 0 Å². The Kier molecular flexibility index (Phi) is 6.11. The zero-order valence-corrected chi connectivity index (χ0v) is 9.70. The van der Waals surface area contributed by atoms with Crippen molar-refractivity contribution in [3.8, 4) is 6.07 Å². The second-order valence-corrected chi connectivity index (χ2v) is 3.27. The van der Waals surface area contributed by atoms with Gasteiger partial charge in [-0.2, -0.15) is 5.26 Å². The van der Waals surface area contributed by atoms with E-state index in [1.807, 2.05) is 6.07 Å². The van der Waals surface area contributed by atoms with Crippen molar-refractivity contribution in [1.29, 1.82) is 5.26 Å². The van der Waals surface area contributed by atoms with Crippen LogP contribution in [0.3, 0.4) is 0 Å². The quantitative estimate of drug-likeness (QED) is 0.638. The third-order valence-electron chi connectivity index (χ3n) is 1.90. The van der Waals surface area contributed by atoms with Crippen molar-refractivity contribution in [1.82, 2.24) is 5.32 Å². The van der Waals surface area contributed by atoms with Crippen LogP contribution >= 0.6 is 0 Å². The SMILES string of the molecule is CCNC(=O)C(C#N)(COC)COC(C)=O. The molecule has 0 spiro atoms. The molecule has 0 radical (unpaired) electrons. The van der Waals surface area contributed by atoms with E-state index in [1.165, 1.54) is 14.0 Å². The Hall–Kier alpha value is -1.61. The van der Waals surface area contributed by atoms with Crippen molar-refractivity contribution in [3.63, 3.8) is 0 Å². The van der Waals surface area contributed by atoms with Gasteiger partial charge < -0.3 is 14.8 Å². The molecule has 0 saturated carbocycles. The molecule has 0 heterocycles. The summed E-state index contributed by atoms with van der Waals surface area (Å²) in [6.07, 6.45) is 0. The first kappa shape index (κ1) is 14.4. The molecule has 0 aromatic carbocycles. The highest BCUT2D eigenvalue weighted by molar-refractivity contribution is 5.86. The predicted octanol–water partition coefficient (Wildman–Crippen LogP) is -0.158. The summed E-state index contributed by atoms with van der Waals surface area (Å²) in [6, 6.07) is 1.84. The molecule has 16 heavy (non-hydrogen) atoms. The fraction of sp³-hybridized carbons (Fsp3) is 0.700. The Morgan fingerprint density at radius 2 is 2.06 bits per heavy atom. The van der Waals surface area contributed by atoms with Gasteiger partial charge in [0.15, 0.2) is 5.41 Å². The van der Waals surface area contributed by atoms with E-state index in [1.54, 1.807) is 6.92 Å². The summed E-state index contributed by atoms with van der Waals surface area (Å²) in [6.45, 7) is 2.92. The molecule has 1 unspecified atom stereocenters. The normalized spacial score (nSPS) is 13.4. The van der Waals surface area contributed by atoms with E-state index >= 15 is 0 Å². The highest BCUT2D eigenvalue weighted by Gasteiger charge is 2.40. The van der Waals surface area contributed by atoms with Crippen LogP contribution in [0.5, 0.6) is 0 Å². The van der Waals surface area contributed by atoms with Crippen molar-refractivity contribution in [2.24, 2.45) is 5.41 Å². The van der Waals surface area contributed by atoms with Gasteiger partial charge in [-0.15, -0.1) is 0 Å². The van der Waals surface area contributed by atoms with Gasteiger partial charge in [0.1, 0.15) is 6.61 Å². The van der Waals surface area contributed by atoms with Crippen molar-refractivity contribution in [2.75, 3.05) is 26.9 Å². The maximum atomic E-state index is 11.7. The first-order valence-corrected chi connectivity index (χ1v) is 4.84. The maximum absolute atomic E-state index is 11.7. The Balaban J connectivity index is 4.78. The third-order valence-corrected chi connectivity index (χ3v) is 1.90. The lowest BCUT2D eigenvalue weighted by Crippen LogP contribution is -2.46. The van der Waals surface area contributed by atoms with Crippen LogP contribution < -0.4 is 5.32 Å². The lowest BCUT2D eigenvalue weighted by atomic mass is 9.91. The summed E-state index contributed by atoms with van der Waals surface area (Å²) in [5.74, 6) is -1.04. The number of nitriles is 1. The second-order valence-electron chi connectivity index (χ2n) is 3.27. The number of hydrogen-bond donors (Lipinski definition) is 1. The number of esters is 1. The number of hydrogen-bond acceptors (Lipinski definition) is 5. The lowest BCUT2D eigenvalue weighted by molar-refractivity contribution is -0.148. The minimum atomic E-state index is -1.48. The molecule has 1 atom stereocenters. The Labute approximate surface area is 94.5 Å². The Morgan fingerprint density at radius 3 is 2.44 bits per heavy atom. The molecule has 0 aliphatic rings. The zero-order chi connectivity index (χ0) is 12.6. The van der Waals surface area contributed by atoms with Gasteiger partial charge in [0.25, 0.3) is 0 Å². The smallest absolute Gasteiger partial charge is 0.302 e. The van der Waals surface area contributed by atoms with Crippen LogP contribution in [0, 0.1) is 16.7 Å². The topological polar surface area (TPSA) is 88.4 Å². The largest absolute Gasteiger partial charge is 0.464 e. The van der Waals surface area contributed by atoms with Crippen LogP contribution in [-0.4, -0.2) is 38.7 Å². The monoisotopic (exact) mass is 228 g/mol. The van der Waals surface area contributed by atoms with Crippen molar-refractivity contribution in [2.45, 2.75) is 13.8 Å². The molecule has 1 amide bonds. The standard InChI is InChI=1S/C10H16N2O4/c1-4-12-9(14)10(5-11,6-15-3)7-16-8(2)13/h4,6-7H2,1-3H3,(H,12,14). The lowest BCUT2D eigenvalue weighted by Gasteiger charge is -2.23. The average Bonchev–Trinajstić information content (AvgIpc) is 2.24. The van der Waals surface area contributed by atoms with Gasteiger partial charge >= 0.3 is 5.97 Å². The molecule has 0 aromatic rings. The third kappa shape index (κ3) is 3.87. The van der Waals surface area contributed by atoms with E-state index in [9.17, 15) is 9.59 Å². The molecule has 90 valence electrons. The fourth-order valence-electron chi connectivity index (χ4n) is 1.09. The van der Waals surface area contributed by atoms with Gasteiger partial charge in [0.2, 0.25) is 5.91 Å². The summed E-state index contributed by atoms with van der Waals surface area (Å²) in [4.78, 5) is 22.4. The summed E-state index contributed by atoms with van der Waals surface area (Å²) in [5.41, 5.74) is -1.48. The van der Waals surface area contributed by atoms with E-state index in [0.29, 0.717) is 6.54 Å². The van der Waals surface area contributed by atoms with Crippen molar-refractivity contribution < 1.29 is 19.1 Å². The molecule has 1 N–H and O–H groups in total. The van der Waals surface area contributed by atoms with E-state index in [0.717, 1.165) is 0 Å².